The maximum atomic E-state index is 12.9. The maximum Gasteiger partial charge on any atom is 0.234 e. The van der Waals surface area contributed by atoms with Gasteiger partial charge in [0, 0.05) is 28.9 Å². The summed E-state index contributed by atoms with van der Waals surface area (Å²) in [5.41, 5.74) is 4.86. The fourth-order valence-corrected chi connectivity index (χ4v) is 5.24. The van der Waals surface area contributed by atoms with E-state index in [0.29, 0.717) is 17.3 Å². The molecule has 0 N–H and O–H groups in total. The van der Waals surface area contributed by atoms with E-state index >= 15 is 0 Å². The molecular formula is C26H22ClN3O2S. The van der Waals surface area contributed by atoms with Gasteiger partial charge < -0.3 is 9.64 Å². The standard InChI is InChI=1S/C26H22ClN3O2S/c1-32-22-13-9-19(10-14-22)25-23(16-30(28-25)21-5-3-2-4-6-21)26-29(24(31)17-33-26)15-18-7-11-20(27)12-8-18/h2-14,16,26H,15,17H2,1H3/t26-/m0/s1. The van der Waals surface area contributed by atoms with Gasteiger partial charge >= 0.3 is 0 Å². The van der Waals surface area contributed by atoms with E-state index in [2.05, 4.69) is 0 Å². The van der Waals surface area contributed by atoms with Crippen LogP contribution in [0.4, 0.5) is 0 Å². The smallest absolute Gasteiger partial charge is 0.234 e. The van der Waals surface area contributed by atoms with Crippen molar-refractivity contribution in [2.24, 2.45) is 0 Å². The van der Waals surface area contributed by atoms with Gasteiger partial charge in [-0.25, -0.2) is 4.68 Å². The van der Waals surface area contributed by atoms with Crippen molar-refractivity contribution in [1.82, 2.24) is 14.7 Å². The van der Waals surface area contributed by atoms with Gasteiger partial charge in [-0.2, -0.15) is 5.10 Å². The first-order valence-electron chi connectivity index (χ1n) is 10.6. The Labute approximate surface area is 201 Å². The lowest BCUT2D eigenvalue weighted by molar-refractivity contribution is -0.128. The Morgan fingerprint density at radius 3 is 2.45 bits per heavy atom. The molecule has 1 atom stereocenters. The Morgan fingerprint density at radius 1 is 1.03 bits per heavy atom. The number of ether oxygens (including phenoxy) is 1. The molecule has 1 fully saturated rings. The molecule has 4 aromatic rings. The first-order chi connectivity index (χ1) is 16.1. The normalized spacial score (nSPS) is 15.8. The van der Waals surface area contributed by atoms with Crippen LogP contribution in [-0.4, -0.2) is 33.5 Å². The third kappa shape index (κ3) is 4.49. The summed E-state index contributed by atoms with van der Waals surface area (Å²) in [4.78, 5) is 14.8. The second-order valence-electron chi connectivity index (χ2n) is 7.75. The molecule has 2 heterocycles. The second kappa shape index (κ2) is 9.33. The molecule has 166 valence electrons. The monoisotopic (exact) mass is 475 g/mol. The highest BCUT2D eigenvalue weighted by Gasteiger charge is 2.36. The van der Waals surface area contributed by atoms with Gasteiger partial charge in [0.05, 0.1) is 24.2 Å². The van der Waals surface area contributed by atoms with Gasteiger partial charge in [-0.3, -0.25) is 4.79 Å². The molecule has 0 spiro atoms. The number of para-hydroxylation sites is 1. The Kier molecular flexibility index (Phi) is 6.11. The van der Waals surface area contributed by atoms with E-state index in [1.807, 2.05) is 94.6 Å². The predicted octanol–water partition coefficient (Wildman–Crippen LogP) is 5.98. The number of rotatable bonds is 6. The molecule has 7 heteroatoms. The first-order valence-corrected chi connectivity index (χ1v) is 12.0. The van der Waals surface area contributed by atoms with Gasteiger partial charge in [0.2, 0.25) is 5.91 Å². The predicted molar refractivity (Wildman–Crippen MR) is 133 cm³/mol. The van der Waals surface area contributed by atoms with Crippen molar-refractivity contribution in [3.63, 3.8) is 0 Å². The van der Waals surface area contributed by atoms with Crippen LogP contribution in [0.5, 0.6) is 5.75 Å². The number of aromatic nitrogens is 2. The van der Waals surface area contributed by atoms with Crippen LogP contribution in [-0.2, 0) is 11.3 Å². The summed E-state index contributed by atoms with van der Waals surface area (Å²) < 4.78 is 7.21. The number of hydrogen-bond acceptors (Lipinski definition) is 4. The molecule has 0 bridgehead atoms. The number of nitrogens with zero attached hydrogens (tertiary/aromatic N) is 3. The molecule has 0 unspecified atom stereocenters. The van der Waals surface area contributed by atoms with Crippen LogP contribution in [0.25, 0.3) is 16.9 Å². The fraction of sp³-hybridized carbons (Fsp3) is 0.154. The number of carbonyl (C=O) groups excluding carboxylic acids is 1. The van der Waals surface area contributed by atoms with Crippen LogP contribution in [0.1, 0.15) is 16.5 Å². The van der Waals surface area contributed by atoms with Gasteiger partial charge in [0.1, 0.15) is 11.1 Å². The van der Waals surface area contributed by atoms with Crippen molar-refractivity contribution in [3.8, 4) is 22.7 Å². The number of halogens is 1. The van der Waals surface area contributed by atoms with Gasteiger partial charge in [0.25, 0.3) is 0 Å². The molecule has 5 rings (SSSR count). The van der Waals surface area contributed by atoms with Crippen LogP contribution in [0.2, 0.25) is 5.02 Å². The fourth-order valence-electron chi connectivity index (χ4n) is 3.92. The molecule has 1 aliphatic rings. The third-order valence-corrected chi connectivity index (χ3v) is 7.12. The van der Waals surface area contributed by atoms with E-state index in [1.54, 1.807) is 18.9 Å². The summed E-state index contributed by atoms with van der Waals surface area (Å²) in [6.07, 6.45) is 2.04. The van der Waals surface area contributed by atoms with Crippen molar-refractivity contribution in [3.05, 3.63) is 101 Å². The Morgan fingerprint density at radius 2 is 1.76 bits per heavy atom. The number of carbonyl (C=O) groups is 1. The first kappa shape index (κ1) is 21.6. The number of benzene rings is 3. The summed E-state index contributed by atoms with van der Waals surface area (Å²) in [7, 11) is 1.65. The zero-order valence-electron chi connectivity index (χ0n) is 18.0. The van der Waals surface area contributed by atoms with Crippen LogP contribution in [0.3, 0.4) is 0 Å². The molecule has 0 aliphatic carbocycles. The average molecular weight is 476 g/mol. The summed E-state index contributed by atoms with van der Waals surface area (Å²) in [5.74, 6) is 1.35. The lowest BCUT2D eigenvalue weighted by atomic mass is 10.1. The molecule has 0 radical (unpaired) electrons. The lowest BCUT2D eigenvalue weighted by Crippen LogP contribution is -2.27. The quantitative estimate of drug-likeness (QED) is 0.344. The topological polar surface area (TPSA) is 47.4 Å². The van der Waals surface area contributed by atoms with E-state index in [-0.39, 0.29) is 11.3 Å². The van der Waals surface area contributed by atoms with Crippen molar-refractivity contribution in [2.45, 2.75) is 11.9 Å². The van der Waals surface area contributed by atoms with Gasteiger partial charge in [0.15, 0.2) is 0 Å². The SMILES string of the molecule is COc1ccc(-c2nn(-c3ccccc3)cc2[C@@H]2SCC(=O)N2Cc2ccc(Cl)cc2)cc1. The molecule has 33 heavy (non-hydrogen) atoms. The highest BCUT2D eigenvalue weighted by Crippen LogP contribution is 2.43. The minimum atomic E-state index is -0.136. The van der Waals surface area contributed by atoms with Gasteiger partial charge in [-0.1, -0.05) is 41.9 Å². The van der Waals surface area contributed by atoms with E-state index in [1.165, 1.54) is 0 Å². The van der Waals surface area contributed by atoms with E-state index in [9.17, 15) is 4.79 Å². The molecule has 1 aliphatic heterocycles. The van der Waals surface area contributed by atoms with Crippen LogP contribution < -0.4 is 4.74 Å². The van der Waals surface area contributed by atoms with Crippen molar-refractivity contribution < 1.29 is 9.53 Å². The van der Waals surface area contributed by atoms with Gasteiger partial charge in [-0.05, 0) is 54.1 Å². The Bertz CT molecular complexity index is 1260. The van der Waals surface area contributed by atoms with Crippen LogP contribution in [0, 0.1) is 0 Å². The molecule has 3 aromatic carbocycles. The van der Waals surface area contributed by atoms with E-state index in [4.69, 9.17) is 21.4 Å². The Balaban J connectivity index is 1.56. The molecule has 1 amide bonds. The summed E-state index contributed by atoms with van der Waals surface area (Å²) in [5, 5.41) is 5.48. The number of methoxy groups -OCH3 is 1. The zero-order valence-corrected chi connectivity index (χ0v) is 19.6. The largest absolute Gasteiger partial charge is 0.497 e. The average Bonchev–Trinajstić information content (AvgIpc) is 3.45. The molecule has 5 nitrogen and oxygen atoms in total. The van der Waals surface area contributed by atoms with Crippen molar-refractivity contribution in [1.29, 1.82) is 0 Å². The second-order valence-corrected chi connectivity index (χ2v) is 9.26. The van der Waals surface area contributed by atoms with E-state index < -0.39 is 0 Å². The minimum absolute atomic E-state index is 0.119. The summed E-state index contributed by atoms with van der Waals surface area (Å²) >= 11 is 7.68. The molecule has 1 aromatic heterocycles. The molecule has 0 saturated carbocycles. The third-order valence-electron chi connectivity index (χ3n) is 5.63. The summed E-state index contributed by atoms with van der Waals surface area (Å²) in [6, 6.07) is 25.5. The minimum Gasteiger partial charge on any atom is -0.497 e. The maximum absolute atomic E-state index is 12.9. The molecular weight excluding hydrogens is 454 g/mol. The zero-order chi connectivity index (χ0) is 22.8. The molecule has 1 saturated heterocycles. The lowest BCUT2D eigenvalue weighted by Gasteiger charge is -2.24. The van der Waals surface area contributed by atoms with Crippen LogP contribution >= 0.6 is 23.4 Å². The summed E-state index contributed by atoms with van der Waals surface area (Å²) in [6.45, 7) is 0.520. The highest BCUT2D eigenvalue weighted by molar-refractivity contribution is 8.00. The van der Waals surface area contributed by atoms with Crippen molar-refractivity contribution >= 4 is 29.3 Å². The van der Waals surface area contributed by atoms with Crippen molar-refractivity contribution in [2.75, 3.05) is 12.9 Å². The Hall–Kier alpha value is -3.22. The number of thioether (sulfide) groups is 1. The number of hydrogen-bond donors (Lipinski definition) is 0. The van der Waals surface area contributed by atoms with E-state index in [0.717, 1.165) is 33.8 Å². The number of amides is 1. The highest BCUT2D eigenvalue weighted by atomic mass is 35.5. The van der Waals surface area contributed by atoms with Gasteiger partial charge in [-0.15, -0.1) is 11.8 Å². The van der Waals surface area contributed by atoms with Crippen LogP contribution in [0.15, 0.2) is 85.1 Å².